The molecule has 2 saturated heterocycles. The van der Waals surface area contributed by atoms with Crippen molar-refractivity contribution in [1.82, 2.24) is 10.2 Å². The molecule has 0 aromatic heterocycles. The van der Waals surface area contributed by atoms with Gasteiger partial charge in [-0.15, -0.1) is 0 Å². The molecule has 0 aliphatic carbocycles. The van der Waals surface area contributed by atoms with Gasteiger partial charge in [-0.2, -0.15) is 0 Å². The maximum Gasteiger partial charge on any atom is 0.236 e. The summed E-state index contributed by atoms with van der Waals surface area (Å²) in [5, 5.41) is 3.40. The molecule has 2 rings (SSSR count). The first-order valence-corrected chi connectivity index (χ1v) is 6.30. The second-order valence-corrected chi connectivity index (χ2v) is 5.11. The summed E-state index contributed by atoms with van der Waals surface area (Å²) in [6.07, 6.45) is 4.33. The molecular formula is C12H22N2O2. The summed E-state index contributed by atoms with van der Waals surface area (Å²) in [5.74, 6) is 0.255. The van der Waals surface area contributed by atoms with Gasteiger partial charge in [0.15, 0.2) is 0 Å². The van der Waals surface area contributed by atoms with Crippen LogP contribution in [0.25, 0.3) is 0 Å². The summed E-state index contributed by atoms with van der Waals surface area (Å²) in [7, 11) is 0. The van der Waals surface area contributed by atoms with E-state index in [1.165, 1.54) is 0 Å². The highest BCUT2D eigenvalue weighted by Crippen LogP contribution is 2.19. The molecule has 0 atom stereocenters. The van der Waals surface area contributed by atoms with Crippen molar-refractivity contribution >= 4 is 5.91 Å². The molecule has 2 heterocycles. The Labute approximate surface area is 97.3 Å². The molecule has 0 unspecified atom stereocenters. The van der Waals surface area contributed by atoms with E-state index in [-0.39, 0.29) is 11.4 Å². The Morgan fingerprint density at radius 2 is 1.94 bits per heavy atom. The molecular weight excluding hydrogens is 204 g/mol. The van der Waals surface area contributed by atoms with Gasteiger partial charge in [-0.3, -0.25) is 4.79 Å². The zero-order valence-corrected chi connectivity index (χ0v) is 10.1. The van der Waals surface area contributed by atoms with E-state index in [9.17, 15) is 4.79 Å². The largest absolute Gasteiger partial charge is 0.381 e. The third kappa shape index (κ3) is 2.95. The predicted octanol–water partition coefficient (Wildman–Crippen LogP) is 0.767. The van der Waals surface area contributed by atoms with Gasteiger partial charge in [-0.1, -0.05) is 0 Å². The van der Waals surface area contributed by atoms with E-state index in [4.69, 9.17) is 4.74 Å². The Morgan fingerprint density at radius 1 is 1.31 bits per heavy atom. The van der Waals surface area contributed by atoms with Gasteiger partial charge in [0.25, 0.3) is 0 Å². The molecule has 1 N–H and O–H groups in total. The lowest BCUT2D eigenvalue weighted by molar-refractivity contribution is -0.129. The molecule has 0 radical (unpaired) electrons. The fraction of sp³-hybridized carbons (Fsp3) is 0.917. The first-order valence-electron chi connectivity index (χ1n) is 6.30. The average Bonchev–Trinajstić information content (AvgIpc) is 2.80. The van der Waals surface area contributed by atoms with Gasteiger partial charge in [0, 0.05) is 31.8 Å². The van der Waals surface area contributed by atoms with Gasteiger partial charge < -0.3 is 15.0 Å². The molecule has 1 amide bonds. The van der Waals surface area contributed by atoms with Crippen LogP contribution in [-0.4, -0.2) is 49.2 Å². The maximum atomic E-state index is 11.9. The van der Waals surface area contributed by atoms with Gasteiger partial charge in [0.2, 0.25) is 5.91 Å². The van der Waals surface area contributed by atoms with Crippen molar-refractivity contribution in [3.05, 3.63) is 0 Å². The highest BCUT2D eigenvalue weighted by Gasteiger charge is 2.28. The summed E-state index contributed by atoms with van der Waals surface area (Å²) >= 11 is 0. The summed E-state index contributed by atoms with van der Waals surface area (Å²) in [6.45, 7) is 6.17. The lowest BCUT2D eigenvalue weighted by Gasteiger charge is -2.34. The highest BCUT2D eigenvalue weighted by molar-refractivity contribution is 5.78. The smallest absolute Gasteiger partial charge is 0.236 e. The van der Waals surface area contributed by atoms with Crippen LogP contribution in [0.3, 0.4) is 0 Å². The topological polar surface area (TPSA) is 41.6 Å². The minimum absolute atomic E-state index is 0.0909. The predicted molar refractivity (Wildman–Crippen MR) is 62.3 cm³/mol. The second-order valence-electron chi connectivity index (χ2n) is 5.11. The van der Waals surface area contributed by atoms with E-state index in [1.807, 2.05) is 4.90 Å². The summed E-state index contributed by atoms with van der Waals surface area (Å²) < 4.78 is 5.34. The van der Waals surface area contributed by atoms with Crippen LogP contribution in [0, 0.1) is 0 Å². The Bertz CT molecular complexity index is 243. The minimum Gasteiger partial charge on any atom is -0.381 e. The zero-order valence-electron chi connectivity index (χ0n) is 10.1. The molecule has 4 heteroatoms. The number of nitrogens with one attached hydrogen (secondary N) is 1. The fourth-order valence-electron chi connectivity index (χ4n) is 2.37. The number of nitrogens with zero attached hydrogens (tertiary/aromatic N) is 1. The SMILES string of the molecule is CC1(NCC(=O)N2CCCC2)CCOCC1. The number of carbonyl (C=O) groups is 1. The van der Waals surface area contributed by atoms with Crippen LogP contribution < -0.4 is 5.32 Å². The minimum atomic E-state index is 0.0909. The molecule has 4 nitrogen and oxygen atoms in total. The van der Waals surface area contributed by atoms with Crippen molar-refractivity contribution in [2.45, 2.75) is 38.1 Å². The number of carbonyl (C=O) groups excluding carboxylic acids is 1. The normalized spacial score (nSPS) is 24.7. The van der Waals surface area contributed by atoms with E-state index in [0.717, 1.165) is 52.0 Å². The molecule has 0 aromatic rings. The standard InChI is InChI=1S/C12H22N2O2/c1-12(4-8-16-9-5-12)13-10-11(15)14-6-2-3-7-14/h13H,2-10H2,1H3. The van der Waals surface area contributed by atoms with Crippen molar-refractivity contribution in [2.75, 3.05) is 32.8 Å². The van der Waals surface area contributed by atoms with Crippen LogP contribution in [-0.2, 0) is 9.53 Å². The van der Waals surface area contributed by atoms with Crippen LogP contribution in [0.1, 0.15) is 32.6 Å². The molecule has 0 bridgehead atoms. The van der Waals surface area contributed by atoms with E-state index >= 15 is 0 Å². The fourth-order valence-corrected chi connectivity index (χ4v) is 2.37. The first-order chi connectivity index (χ1) is 7.70. The summed E-state index contributed by atoms with van der Waals surface area (Å²) in [5.41, 5.74) is 0.0909. The average molecular weight is 226 g/mol. The molecule has 0 spiro atoms. The highest BCUT2D eigenvalue weighted by atomic mass is 16.5. The number of amides is 1. The zero-order chi connectivity index (χ0) is 11.4. The Balaban J connectivity index is 1.75. The molecule has 0 saturated carbocycles. The third-order valence-electron chi connectivity index (χ3n) is 3.72. The lowest BCUT2D eigenvalue weighted by atomic mass is 9.92. The van der Waals surface area contributed by atoms with Crippen molar-refractivity contribution in [3.63, 3.8) is 0 Å². The Morgan fingerprint density at radius 3 is 2.56 bits per heavy atom. The number of rotatable bonds is 3. The van der Waals surface area contributed by atoms with E-state index in [0.29, 0.717) is 6.54 Å². The van der Waals surface area contributed by atoms with Crippen LogP contribution in [0.4, 0.5) is 0 Å². The maximum absolute atomic E-state index is 11.9. The van der Waals surface area contributed by atoms with Crippen LogP contribution in [0.2, 0.25) is 0 Å². The molecule has 92 valence electrons. The van der Waals surface area contributed by atoms with E-state index in [2.05, 4.69) is 12.2 Å². The van der Waals surface area contributed by atoms with Gasteiger partial charge in [0.05, 0.1) is 6.54 Å². The Kier molecular flexibility index (Phi) is 3.82. The van der Waals surface area contributed by atoms with Crippen LogP contribution in [0.15, 0.2) is 0 Å². The van der Waals surface area contributed by atoms with E-state index in [1.54, 1.807) is 0 Å². The van der Waals surface area contributed by atoms with Crippen molar-refractivity contribution in [1.29, 1.82) is 0 Å². The van der Waals surface area contributed by atoms with Gasteiger partial charge in [0.1, 0.15) is 0 Å². The van der Waals surface area contributed by atoms with Crippen LogP contribution >= 0.6 is 0 Å². The number of ether oxygens (including phenoxy) is 1. The van der Waals surface area contributed by atoms with E-state index < -0.39 is 0 Å². The van der Waals surface area contributed by atoms with Crippen molar-refractivity contribution < 1.29 is 9.53 Å². The van der Waals surface area contributed by atoms with Gasteiger partial charge in [-0.05, 0) is 32.6 Å². The lowest BCUT2D eigenvalue weighted by Crippen LogP contribution is -2.50. The van der Waals surface area contributed by atoms with Gasteiger partial charge in [-0.25, -0.2) is 0 Å². The summed E-state index contributed by atoms with van der Waals surface area (Å²) in [4.78, 5) is 13.8. The summed E-state index contributed by atoms with van der Waals surface area (Å²) in [6, 6.07) is 0. The number of likely N-dealkylation sites (tertiary alicyclic amines) is 1. The molecule has 2 aliphatic heterocycles. The third-order valence-corrected chi connectivity index (χ3v) is 3.72. The molecule has 2 fully saturated rings. The quantitative estimate of drug-likeness (QED) is 0.773. The first kappa shape index (κ1) is 11.9. The Hall–Kier alpha value is -0.610. The van der Waals surface area contributed by atoms with Crippen molar-refractivity contribution in [3.8, 4) is 0 Å². The second kappa shape index (κ2) is 5.15. The number of hydrogen-bond acceptors (Lipinski definition) is 3. The van der Waals surface area contributed by atoms with Crippen molar-refractivity contribution in [2.24, 2.45) is 0 Å². The van der Waals surface area contributed by atoms with Gasteiger partial charge >= 0.3 is 0 Å². The number of hydrogen-bond donors (Lipinski definition) is 1. The molecule has 0 aromatic carbocycles. The molecule has 16 heavy (non-hydrogen) atoms. The van der Waals surface area contributed by atoms with Crippen LogP contribution in [0.5, 0.6) is 0 Å². The molecule has 2 aliphatic rings. The monoisotopic (exact) mass is 226 g/mol.